The fourth-order valence-corrected chi connectivity index (χ4v) is 6.29. The summed E-state index contributed by atoms with van der Waals surface area (Å²) in [5.74, 6) is -0.913. The highest BCUT2D eigenvalue weighted by atomic mass is 31.2. The molecule has 0 amide bonds. The summed E-state index contributed by atoms with van der Waals surface area (Å²) in [6, 6.07) is 0. The van der Waals surface area contributed by atoms with Crippen molar-refractivity contribution in [2.75, 3.05) is 40.5 Å². The number of carbonyl (C=O) groups excluding carboxylic acids is 2. The third-order valence-corrected chi connectivity index (χ3v) is 9.98. The van der Waals surface area contributed by atoms with Gasteiger partial charge >= 0.3 is 19.8 Å². The average Bonchev–Trinajstić information content (AvgIpc) is 3.18. The Labute approximate surface area is 348 Å². The molecule has 0 aromatic heterocycles. The number of ether oxygens (including phenoxy) is 2. The number of phosphoric ester groups is 1. The SMILES string of the molecule is CCCCC/C=C\C/C=C\C/C=C\C/C=C\C/C=C\CCC(=O)OC(COC(=O)CCCCCCC/C=C\CCCCCCCC)COP(=O)(O)OCCN(C)C. The smallest absolute Gasteiger partial charge is 0.462 e. The fourth-order valence-electron chi connectivity index (χ4n) is 5.55. The van der Waals surface area contributed by atoms with E-state index in [1.54, 1.807) is 4.90 Å². The molecule has 1 N–H and O–H groups in total. The van der Waals surface area contributed by atoms with Gasteiger partial charge in [-0.25, -0.2) is 4.57 Å². The maximum atomic E-state index is 12.6. The molecule has 2 atom stereocenters. The Kier molecular flexibility index (Phi) is 39.7. The van der Waals surface area contributed by atoms with Crippen LogP contribution in [0.5, 0.6) is 0 Å². The molecule has 0 saturated carbocycles. The Bertz CT molecular complexity index is 1180. The average molecular weight is 820 g/mol. The molecule has 0 fully saturated rings. The van der Waals surface area contributed by atoms with Gasteiger partial charge in [0.15, 0.2) is 6.10 Å². The lowest BCUT2D eigenvalue weighted by Gasteiger charge is -2.20. The predicted octanol–water partition coefficient (Wildman–Crippen LogP) is 12.9. The first-order valence-electron chi connectivity index (χ1n) is 22.2. The molecule has 9 nitrogen and oxygen atoms in total. The lowest BCUT2D eigenvalue weighted by molar-refractivity contribution is -0.161. The Morgan fingerprint density at radius 1 is 0.544 bits per heavy atom. The molecule has 0 aromatic carbocycles. The molecule has 0 aliphatic rings. The van der Waals surface area contributed by atoms with Gasteiger partial charge in [0.25, 0.3) is 0 Å². The highest BCUT2D eigenvalue weighted by Crippen LogP contribution is 2.43. The van der Waals surface area contributed by atoms with Crippen LogP contribution >= 0.6 is 7.82 Å². The zero-order chi connectivity index (χ0) is 41.9. The number of phosphoric acid groups is 1. The van der Waals surface area contributed by atoms with Crippen LogP contribution in [0.4, 0.5) is 0 Å². The summed E-state index contributed by atoms with van der Waals surface area (Å²) in [6.07, 6.45) is 49.6. The minimum Gasteiger partial charge on any atom is -0.462 e. The van der Waals surface area contributed by atoms with Crippen LogP contribution in [-0.2, 0) is 32.7 Å². The van der Waals surface area contributed by atoms with Crippen LogP contribution < -0.4 is 0 Å². The summed E-state index contributed by atoms with van der Waals surface area (Å²) in [7, 11) is -0.759. The van der Waals surface area contributed by atoms with E-state index in [9.17, 15) is 19.0 Å². The second-order valence-corrected chi connectivity index (χ2v) is 16.3. The van der Waals surface area contributed by atoms with Gasteiger partial charge in [-0.1, -0.05) is 151 Å². The normalized spacial score (nSPS) is 14.1. The van der Waals surface area contributed by atoms with Gasteiger partial charge in [-0.3, -0.25) is 18.6 Å². The van der Waals surface area contributed by atoms with Crippen molar-refractivity contribution in [3.05, 3.63) is 72.9 Å². The van der Waals surface area contributed by atoms with Crippen molar-refractivity contribution in [1.82, 2.24) is 4.90 Å². The van der Waals surface area contributed by atoms with E-state index in [0.717, 1.165) is 57.8 Å². The van der Waals surface area contributed by atoms with Crippen LogP contribution in [0.15, 0.2) is 72.9 Å². The number of hydrogen-bond donors (Lipinski definition) is 1. The van der Waals surface area contributed by atoms with Crippen molar-refractivity contribution in [3.63, 3.8) is 0 Å². The van der Waals surface area contributed by atoms with Crippen LogP contribution in [0.2, 0.25) is 0 Å². The van der Waals surface area contributed by atoms with E-state index in [1.165, 1.54) is 70.6 Å². The van der Waals surface area contributed by atoms with E-state index in [-0.39, 0.29) is 26.1 Å². The largest absolute Gasteiger partial charge is 0.472 e. The quantitative estimate of drug-likeness (QED) is 0.0279. The Morgan fingerprint density at radius 2 is 0.982 bits per heavy atom. The van der Waals surface area contributed by atoms with Crippen molar-refractivity contribution in [1.29, 1.82) is 0 Å². The van der Waals surface area contributed by atoms with Crippen LogP contribution in [-0.4, -0.2) is 68.3 Å². The lowest BCUT2D eigenvalue weighted by atomic mass is 10.1. The van der Waals surface area contributed by atoms with Gasteiger partial charge in [-0.2, -0.15) is 0 Å². The van der Waals surface area contributed by atoms with Crippen molar-refractivity contribution in [2.45, 2.75) is 174 Å². The molecule has 0 aliphatic carbocycles. The topological polar surface area (TPSA) is 112 Å². The number of carbonyl (C=O) groups is 2. The Morgan fingerprint density at radius 3 is 1.53 bits per heavy atom. The minimum atomic E-state index is -4.39. The lowest BCUT2D eigenvalue weighted by Crippen LogP contribution is -2.29. The Hall–Kier alpha value is -2.55. The van der Waals surface area contributed by atoms with Gasteiger partial charge < -0.3 is 19.3 Å². The van der Waals surface area contributed by atoms with Crippen LogP contribution in [0, 0.1) is 0 Å². The second-order valence-electron chi connectivity index (χ2n) is 14.9. The number of hydrogen-bond acceptors (Lipinski definition) is 8. The number of rotatable bonds is 40. The molecule has 0 bridgehead atoms. The van der Waals surface area contributed by atoms with Crippen molar-refractivity contribution >= 4 is 19.8 Å². The molecule has 0 saturated heterocycles. The zero-order valence-electron chi connectivity index (χ0n) is 36.5. The highest BCUT2D eigenvalue weighted by Gasteiger charge is 2.26. The molecule has 0 aliphatic heterocycles. The zero-order valence-corrected chi connectivity index (χ0v) is 37.4. The fraction of sp³-hybridized carbons (Fsp3) is 0.702. The van der Waals surface area contributed by atoms with E-state index in [2.05, 4.69) is 74.6 Å². The van der Waals surface area contributed by atoms with Gasteiger partial charge in [0.2, 0.25) is 0 Å². The van der Waals surface area contributed by atoms with Crippen molar-refractivity contribution in [3.8, 4) is 0 Å². The van der Waals surface area contributed by atoms with E-state index >= 15 is 0 Å². The van der Waals surface area contributed by atoms with Crippen LogP contribution in [0.25, 0.3) is 0 Å². The van der Waals surface area contributed by atoms with Gasteiger partial charge in [0.05, 0.1) is 13.2 Å². The molecule has 10 heteroatoms. The molecule has 328 valence electrons. The van der Waals surface area contributed by atoms with Crippen molar-refractivity contribution in [2.24, 2.45) is 0 Å². The number of likely N-dealkylation sites (N-methyl/N-ethyl adjacent to an activating group) is 1. The van der Waals surface area contributed by atoms with E-state index in [0.29, 0.717) is 19.4 Å². The summed E-state index contributed by atoms with van der Waals surface area (Å²) in [4.78, 5) is 37.0. The third kappa shape index (κ3) is 42.9. The van der Waals surface area contributed by atoms with Gasteiger partial charge in [-0.15, -0.1) is 0 Å². The maximum Gasteiger partial charge on any atom is 0.472 e. The first kappa shape index (κ1) is 54.5. The summed E-state index contributed by atoms with van der Waals surface area (Å²) in [5, 5.41) is 0. The molecule has 0 aromatic rings. The van der Waals surface area contributed by atoms with E-state index in [1.807, 2.05) is 26.2 Å². The number of nitrogens with zero attached hydrogens (tertiary/aromatic N) is 1. The van der Waals surface area contributed by atoms with E-state index in [4.69, 9.17) is 18.5 Å². The maximum absolute atomic E-state index is 12.6. The summed E-state index contributed by atoms with van der Waals surface area (Å²) >= 11 is 0. The molecule has 0 spiro atoms. The molecular formula is C47H82NO8P. The summed E-state index contributed by atoms with van der Waals surface area (Å²) in [5.41, 5.74) is 0. The number of allylic oxidation sites excluding steroid dienone is 12. The summed E-state index contributed by atoms with van der Waals surface area (Å²) < 4.78 is 33.4. The highest BCUT2D eigenvalue weighted by molar-refractivity contribution is 7.47. The molecule has 0 rings (SSSR count). The monoisotopic (exact) mass is 820 g/mol. The van der Waals surface area contributed by atoms with Crippen LogP contribution in [0.1, 0.15) is 168 Å². The standard InChI is InChI=1S/C47H82NO8P/c1-5-7-9-11-13-15-17-19-21-22-23-24-26-28-30-32-34-36-38-40-47(50)56-45(44-55-57(51,52)54-42-41-48(3)4)43-53-46(49)39-37-35-33-31-29-27-25-20-18-16-14-12-10-8-6-2/h13,15,19-21,23-25,28,30,34,36,45H,5-12,14,16-18,22,26-27,29,31-33,35,37-44H2,1-4H3,(H,51,52)/b15-13-,21-19-,24-23-,25-20-,30-28-,36-34-. The number of esters is 2. The predicted molar refractivity (Wildman–Crippen MR) is 238 cm³/mol. The molecule has 0 heterocycles. The first-order valence-corrected chi connectivity index (χ1v) is 23.7. The van der Waals surface area contributed by atoms with E-state index < -0.39 is 32.5 Å². The van der Waals surface area contributed by atoms with Gasteiger partial charge in [0, 0.05) is 19.4 Å². The first-order chi connectivity index (χ1) is 27.7. The van der Waals surface area contributed by atoms with Crippen LogP contribution in [0.3, 0.4) is 0 Å². The minimum absolute atomic E-state index is 0.0104. The molecule has 0 radical (unpaired) electrons. The van der Waals surface area contributed by atoms with Gasteiger partial charge in [0.1, 0.15) is 6.61 Å². The molecule has 57 heavy (non-hydrogen) atoms. The second kappa shape index (κ2) is 41.6. The summed E-state index contributed by atoms with van der Waals surface area (Å²) in [6.45, 7) is 4.18. The van der Waals surface area contributed by atoms with Gasteiger partial charge in [-0.05, 0) is 91.1 Å². The molecule has 2 unspecified atom stereocenters. The van der Waals surface area contributed by atoms with Crippen molar-refractivity contribution < 1.29 is 37.6 Å². The molecular weight excluding hydrogens is 737 g/mol. The number of unbranched alkanes of at least 4 members (excludes halogenated alkanes) is 14. The third-order valence-electron chi connectivity index (χ3n) is 9.00. The Balaban J connectivity index is 4.44.